The topological polar surface area (TPSA) is 65.2 Å². The number of ether oxygens (including phenoxy) is 1. The van der Waals surface area contributed by atoms with Gasteiger partial charge in [0.1, 0.15) is 10.8 Å². The molecule has 2 heterocycles. The zero-order valence-electron chi connectivity index (χ0n) is 10.0. The molecule has 0 bridgehead atoms. The fourth-order valence-corrected chi connectivity index (χ4v) is 2.62. The lowest BCUT2D eigenvalue weighted by atomic mass is 10.2. The van der Waals surface area contributed by atoms with Gasteiger partial charge in [-0.05, 0) is 20.8 Å². The predicted molar refractivity (Wildman–Crippen MR) is 63.2 cm³/mol. The van der Waals surface area contributed by atoms with E-state index < -0.39 is 5.97 Å². The van der Waals surface area contributed by atoms with E-state index in [0.29, 0.717) is 11.5 Å². The molecule has 5 nitrogen and oxygen atoms in total. The molecule has 0 spiro atoms. The van der Waals surface area contributed by atoms with Crippen LogP contribution in [-0.2, 0) is 4.74 Å². The van der Waals surface area contributed by atoms with Gasteiger partial charge in [-0.3, -0.25) is 0 Å². The summed E-state index contributed by atoms with van der Waals surface area (Å²) in [6.45, 7) is 5.51. The summed E-state index contributed by atoms with van der Waals surface area (Å²) in [5.41, 5.74) is 1.98. The van der Waals surface area contributed by atoms with Crippen molar-refractivity contribution in [2.45, 2.75) is 20.8 Å². The van der Waals surface area contributed by atoms with E-state index in [1.165, 1.54) is 18.4 Å². The maximum absolute atomic E-state index is 11.5. The maximum atomic E-state index is 11.5. The number of thiazole rings is 1. The molecule has 90 valence electrons. The Labute approximate surface area is 102 Å². The second-order valence-electron chi connectivity index (χ2n) is 3.61. The highest BCUT2D eigenvalue weighted by Crippen LogP contribution is 2.32. The average Bonchev–Trinajstić information content (AvgIpc) is 2.81. The predicted octanol–water partition coefficient (Wildman–Crippen LogP) is 2.51. The van der Waals surface area contributed by atoms with Crippen molar-refractivity contribution in [1.29, 1.82) is 0 Å². The third kappa shape index (κ3) is 1.95. The number of methoxy groups -OCH3 is 1. The van der Waals surface area contributed by atoms with E-state index in [2.05, 4.69) is 14.9 Å². The number of nitrogens with zero attached hydrogens (tertiary/aromatic N) is 2. The van der Waals surface area contributed by atoms with E-state index in [1.807, 2.05) is 20.8 Å². The first-order valence-electron chi connectivity index (χ1n) is 5.03. The summed E-state index contributed by atoms with van der Waals surface area (Å²) < 4.78 is 9.76. The summed E-state index contributed by atoms with van der Waals surface area (Å²) in [6.07, 6.45) is 0. The summed E-state index contributed by atoms with van der Waals surface area (Å²) in [5, 5.41) is 4.61. The minimum Gasteiger partial charge on any atom is -0.464 e. The van der Waals surface area contributed by atoms with Gasteiger partial charge in [0, 0.05) is 4.88 Å². The zero-order chi connectivity index (χ0) is 12.6. The second-order valence-corrected chi connectivity index (χ2v) is 4.82. The Hall–Kier alpha value is -1.69. The van der Waals surface area contributed by atoms with Crippen molar-refractivity contribution in [3.05, 3.63) is 22.0 Å². The molecule has 17 heavy (non-hydrogen) atoms. The van der Waals surface area contributed by atoms with Gasteiger partial charge >= 0.3 is 5.97 Å². The lowest BCUT2D eigenvalue weighted by molar-refractivity contribution is 0.0594. The first-order valence-corrected chi connectivity index (χ1v) is 5.85. The Bertz CT molecular complexity index is 552. The number of esters is 1. The molecular weight excluding hydrogens is 240 g/mol. The van der Waals surface area contributed by atoms with Gasteiger partial charge in [-0.2, -0.15) is 0 Å². The van der Waals surface area contributed by atoms with Crippen LogP contribution < -0.4 is 0 Å². The molecule has 0 radical (unpaired) electrons. The van der Waals surface area contributed by atoms with Gasteiger partial charge in [-0.1, -0.05) is 5.16 Å². The van der Waals surface area contributed by atoms with E-state index in [-0.39, 0.29) is 0 Å². The van der Waals surface area contributed by atoms with Crippen LogP contribution in [0.15, 0.2) is 4.52 Å². The van der Waals surface area contributed by atoms with Crippen LogP contribution in [0, 0.1) is 20.8 Å². The number of carbonyl (C=O) groups is 1. The molecule has 6 heteroatoms. The molecule has 0 N–H and O–H groups in total. The van der Waals surface area contributed by atoms with Gasteiger partial charge in [-0.15, -0.1) is 11.3 Å². The molecule has 0 aromatic carbocycles. The minimum atomic E-state index is -0.420. The van der Waals surface area contributed by atoms with Gasteiger partial charge in [0.15, 0.2) is 5.69 Å². The second kappa shape index (κ2) is 4.29. The molecule has 0 unspecified atom stereocenters. The van der Waals surface area contributed by atoms with Crippen LogP contribution in [0.25, 0.3) is 10.6 Å². The fourth-order valence-electron chi connectivity index (χ4n) is 1.58. The number of aryl methyl sites for hydroxylation is 3. The molecule has 0 atom stereocenters. The average molecular weight is 252 g/mol. The number of hydrogen-bond donors (Lipinski definition) is 0. The lowest BCUT2D eigenvalue weighted by Gasteiger charge is -1.94. The molecule has 2 rings (SSSR count). The highest BCUT2D eigenvalue weighted by atomic mass is 32.1. The van der Waals surface area contributed by atoms with Crippen molar-refractivity contribution in [3.8, 4) is 10.6 Å². The molecule has 0 aliphatic heterocycles. The van der Waals surface area contributed by atoms with Crippen LogP contribution >= 0.6 is 11.3 Å². The first kappa shape index (κ1) is 11.8. The molecular formula is C11H12N2O3S. The Balaban J connectivity index is 2.52. The van der Waals surface area contributed by atoms with E-state index in [4.69, 9.17) is 4.52 Å². The number of rotatable bonds is 2. The van der Waals surface area contributed by atoms with Crippen LogP contribution in [0.3, 0.4) is 0 Å². The highest BCUT2D eigenvalue weighted by molar-refractivity contribution is 7.15. The van der Waals surface area contributed by atoms with Crippen molar-refractivity contribution in [2.75, 3.05) is 7.11 Å². The summed E-state index contributed by atoms with van der Waals surface area (Å²) in [6, 6.07) is 0. The lowest BCUT2D eigenvalue weighted by Crippen LogP contribution is -2.03. The maximum Gasteiger partial charge on any atom is 0.357 e. The molecule has 0 aliphatic rings. The Kier molecular flexibility index (Phi) is 2.97. The quantitative estimate of drug-likeness (QED) is 0.768. The standard InChI is InChI=1S/C11H12N2O3S/c1-5-8(6(2)16-13-5)10-12-9(7(3)17-10)11(14)15-4/h1-4H3. The SMILES string of the molecule is COC(=O)c1nc(-c2c(C)noc2C)sc1C. The molecule has 0 amide bonds. The largest absolute Gasteiger partial charge is 0.464 e. The fraction of sp³-hybridized carbons (Fsp3) is 0.364. The summed E-state index contributed by atoms with van der Waals surface area (Å²) >= 11 is 1.43. The third-order valence-electron chi connectivity index (χ3n) is 2.42. The monoisotopic (exact) mass is 252 g/mol. The molecule has 2 aromatic heterocycles. The summed E-state index contributed by atoms with van der Waals surface area (Å²) in [7, 11) is 1.34. The van der Waals surface area contributed by atoms with E-state index >= 15 is 0 Å². The molecule has 0 aliphatic carbocycles. The number of hydrogen-bond acceptors (Lipinski definition) is 6. The first-order chi connectivity index (χ1) is 8.04. The Morgan fingerprint density at radius 3 is 2.59 bits per heavy atom. The molecule has 0 saturated carbocycles. The van der Waals surface area contributed by atoms with Crippen molar-refractivity contribution in [1.82, 2.24) is 10.1 Å². The zero-order valence-corrected chi connectivity index (χ0v) is 10.8. The third-order valence-corrected chi connectivity index (χ3v) is 3.41. The smallest absolute Gasteiger partial charge is 0.357 e. The van der Waals surface area contributed by atoms with Crippen LogP contribution in [-0.4, -0.2) is 23.2 Å². The van der Waals surface area contributed by atoms with Gasteiger partial charge < -0.3 is 9.26 Å². The molecule has 2 aromatic rings. The van der Waals surface area contributed by atoms with E-state index in [9.17, 15) is 4.79 Å². The Morgan fingerprint density at radius 2 is 2.06 bits per heavy atom. The van der Waals surface area contributed by atoms with Crippen molar-refractivity contribution in [3.63, 3.8) is 0 Å². The van der Waals surface area contributed by atoms with Crippen LogP contribution in [0.5, 0.6) is 0 Å². The van der Waals surface area contributed by atoms with Crippen LogP contribution in [0.2, 0.25) is 0 Å². The van der Waals surface area contributed by atoms with Gasteiger partial charge in [0.2, 0.25) is 0 Å². The Morgan fingerprint density at radius 1 is 1.35 bits per heavy atom. The van der Waals surface area contributed by atoms with Gasteiger partial charge in [0.25, 0.3) is 0 Å². The number of aromatic nitrogens is 2. The highest BCUT2D eigenvalue weighted by Gasteiger charge is 2.20. The number of carbonyl (C=O) groups excluding carboxylic acids is 1. The summed E-state index contributed by atoms with van der Waals surface area (Å²) in [5.74, 6) is 0.282. The van der Waals surface area contributed by atoms with Crippen molar-refractivity contribution >= 4 is 17.3 Å². The van der Waals surface area contributed by atoms with Gasteiger partial charge in [0.05, 0.1) is 18.4 Å². The van der Waals surface area contributed by atoms with Gasteiger partial charge in [-0.25, -0.2) is 9.78 Å². The summed E-state index contributed by atoms with van der Waals surface area (Å²) in [4.78, 5) is 16.6. The minimum absolute atomic E-state index is 0.354. The normalized spacial score (nSPS) is 10.6. The van der Waals surface area contributed by atoms with Crippen LogP contribution in [0.1, 0.15) is 26.8 Å². The molecule has 0 fully saturated rings. The van der Waals surface area contributed by atoms with Crippen molar-refractivity contribution in [2.24, 2.45) is 0 Å². The van der Waals surface area contributed by atoms with E-state index in [1.54, 1.807) is 0 Å². The molecule has 0 saturated heterocycles. The van der Waals surface area contributed by atoms with E-state index in [0.717, 1.165) is 21.1 Å². The van der Waals surface area contributed by atoms with Crippen LogP contribution in [0.4, 0.5) is 0 Å². The van der Waals surface area contributed by atoms with Crippen molar-refractivity contribution < 1.29 is 14.1 Å².